The molecule has 0 aliphatic rings. The van der Waals surface area contributed by atoms with Crippen molar-refractivity contribution in [3.8, 4) is 0 Å². The van der Waals surface area contributed by atoms with Crippen LogP contribution in [0, 0.1) is 0 Å². The second-order valence-corrected chi connectivity index (χ2v) is 2.98. The fraction of sp³-hybridized carbons (Fsp3) is 0.300. The highest BCUT2D eigenvalue weighted by Crippen LogP contribution is 1.99. The molecule has 0 saturated heterocycles. The molecule has 0 unspecified atom stereocenters. The van der Waals surface area contributed by atoms with Crippen molar-refractivity contribution in [2.75, 3.05) is 13.2 Å². The molecule has 0 heterocycles. The zero-order valence-electron chi connectivity index (χ0n) is 8.81. The summed E-state index contributed by atoms with van der Waals surface area (Å²) in [5, 5.41) is 0. The Hall–Kier alpha value is -1.63. The van der Waals surface area contributed by atoms with Crippen molar-refractivity contribution in [2.24, 2.45) is 5.90 Å². The number of hydrogen-bond donors (Lipinski definition) is 3. The third-order valence-electron chi connectivity index (χ3n) is 1.75. The van der Waals surface area contributed by atoms with Crippen LogP contribution in [0.15, 0.2) is 30.3 Å². The van der Waals surface area contributed by atoms with Gasteiger partial charge in [-0.3, -0.25) is 5.43 Å². The van der Waals surface area contributed by atoms with Gasteiger partial charge >= 0.3 is 6.09 Å². The maximum atomic E-state index is 11.1. The van der Waals surface area contributed by atoms with E-state index in [0.29, 0.717) is 13.2 Å². The number of benzene rings is 1. The first-order valence-electron chi connectivity index (χ1n) is 4.84. The summed E-state index contributed by atoms with van der Waals surface area (Å²) in [5.41, 5.74) is 5.87. The van der Waals surface area contributed by atoms with E-state index in [0.717, 1.165) is 5.56 Å². The van der Waals surface area contributed by atoms with Crippen LogP contribution in [0.1, 0.15) is 5.56 Å². The summed E-state index contributed by atoms with van der Waals surface area (Å²) in [6.07, 6.45) is -0.541. The molecular formula is C10H15N3O3. The molecule has 0 aliphatic carbocycles. The molecule has 16 heavy (non-hydrogen) atoms. The summed E-state index contributed by atoms with van der Waals surface area (Å²) in [6.45, 7) is 0.956. The molecule has 6 heteroatoms. The minimum atomic E-state index is -0.541. The zero-order chi connectivity index (χ0) is 11.6. The Morgan fingerprint density at radius 3 is 2.75 bits per heavy atom. The average Bonchev–Trinajstić information content (AvgIpc) is 2.33. The van der Waals surface area contributed by atoms with Crippen LogP contribution in [-0.4, -0.2) is 19.2 Å². The smallest absolute Gasteiger partial charge is 0.421 e. The molecule has 0 spiro atoms. The van der Waals surface area contributed by atoms with Gasteiger partial charge in [0.1, 0.15) is 6.61 Å². The van der Waals surface area contributed by atoms with E-state index in [1.807, 2.05) is 30.3 Å². The Kier molecular flexibility index (Phi) is 5.94. The predicted molar refractivity (Wildman–Crippen MR) is 57.9 cm³/mol. The number of ether oxygens (including phenoxy) is 1. The summed E-state index contributed by atoms with van der Waals surface area (Å²) < 4.78 is 4.92. The highest BCUT2D eigenvalue weighted by molar-refractivity contribution is 5.66. The molecule has 0 radical (unpaired) electrons. The lowest BCUT2D eigenvalue weighted by atomic mass is 10.2. The minimum Gasteiger partial charge on any atom is -0.444 e. The fourth-order valence-electron chi connectivity index (χ4n) is 1.00. The van der Waals surface area contributed by atoms with Crippen LogP contribution in [0.4, 0.5) is 4.79 Å². The van der Waals surface area contributed by atoms with E-state index in [1.165, 1.54) is 0 Å². The van der Waals surface area contributed by atoms with Crippen LogP contribution in [0.2, 0.25) is 0 Å². The highest BCUT2D eigenvalue weighted by Gasteiger charge is 2.00. The predicted octanol–water partition coefficient (Wildman–Crippen LogP) is 0.308. The third kappa shape index (κ3) is 5.30. The van der Waals surface area contributed by atoms with Crippen molar-refractivity contribution in [3.63, 3.8) is 0 Å². The van der Waals surface area contributed by atoms with Crippen molar-refractivity contribution < 1.29 is 14.4 Å². The number of carbonyl (C=O) groups excluding carboxylic acids is 1. The van der Waals surface area contributed by atoms with Gasteiger partial charge in [-0.2, -0.15) is 0 Å². The zero-order valence-corrected chi connectivity index (χ0v) is 8.81. The van der Waals surface area contributed by atoms with E-state index in [-0.39, 0.29) is 6.61 Å². The van der Waals surface area contributed by atoms with Gasteiger partial charge in [0.05, 0.1) is 6.61 Å². The number of carbonyl (C=O) groups is 1. The molecule has 0 aromatic heterocycles. The lowest BCUT2D eigenvalue weighted by Gasteiger charge is -2.07. The number of hydrogen-bond acceptors (Lipinski definition) is 5. The quantitative estimate of drug-likeness (QED) is 0.479. The molecule has 1 aromatic carbocycles. The van der Waals surface area contributed by atoms with Crippen LogP contribution in [0.5, 0.6) is 0 Å². The summed E-state index contributed by atoms with van der Waals surface area (Å²) in [7, 11) is 0. The molecular weight excluding hydrogens is 210 g/mol. The lowest BCUT2D eigenvalue weighted by Crippen LogP contribution is -2.39. The van der Waals surface area contributed by atoms with Crippen molar-refractivity contribution in [1.82, 2.24) is 10.9 Å². The maximum absolute atomic E-state index is 11.1. The van der Waals surface area contributed by atoms with Gasteiger partial charge in [0, 0.05) is 6.54 Å². The molecule has 1 amide bonds. The van der Waals surface area contributed by atoms with E-state index in [9.17, 15) is 4.79 Å². The van der Waals surface area contributed by atoms with E-state index >= 15 is 0 Å². The molecule has 1 rings (SSSR count). The Morgan fingerprint density at radius 1 is 1.31 bits per heavy atom. The highest BCUT2D eigenvalue weighted by atomic mass is 16.6. The maximum Gasteiger partial charge on any atom is 0.421 e. The van der Waals surface area contributed by atoms with Gasteiger partial charge in [-0.15, -0.1) is 0 Å². The lowest BCUT2D eigenvalue weighted by molar-refractivity contribution is 0.122. The van der Waals surface area contributed by atoms with E-state index in [1.54, 1.807) is 0 Å². The van der Waals surface area contributed by atoms with Crippen LogP contribution in [0.25, 0.3) is 0 Å². The van der Waals surface area contributed by atoms with Crippen molar-refractivity contribution in [2.45, 2.75) is 6.61 Å². The molecule has 0 fully saturated rings. The molecule has 0 atom stereocenters. The van der Waals surface area contributed by atoms with Crippen LogP contribution in [0.3, 0.4) is 0 Å². The first-order chi connectivity index (χ1) is 7.83. The third-order valence-corrected chi connectivity index (χ3v) is 1.75. The Morgan fingerprint density at radius 2 is 2.06 bits per heavy atom. The first-order valence-corrected chi connectivity index (χ1v) is 4.84. The number of nitrogens with one attached hydrogen (secondary N) is 2. The molecule has 1 aromatic rings. The van der Waals surface area contributed by atoms with E-state index < -0.39 is 6.09 Å². The molecule has 88 valence electrons. The van der Waals surface area contributed by atoms with E-state index in [4.69, 9.17) is 10.6 Å². The molecule has 0 aliphatic heterocycles. The second kappa shape index (κ2) is 7.63. The summed E-state index contributed by atoms with van der Waals surface area (Å²) in [6, 6.07) is 9.42. The van der Waals surface area contributed by atoms with Crippen molar-refractivity contribution >= 4 is 6.09 Å². The van der Waals surface area contributed by atoms with Crippen molar-refractivity contribution in [1.29, 1.82) is 0 Å². The van der Waals surface area contributed by atoms with Gasteiger partial charge in [0.2, 0.25) is 0 Å². The number of rotatable bonds is 6. The Bertz CT molecular complexity index is 305. The van der Waals surface area contributed by atoms with E-state index in [2.05, 4.69) is 15.7 Å². The topological polar surface area (TPSA) is 85.6 Å². The Labute approximate surface area is 93.6 Å². The summed E-state index contributed by atoms with van der Waals surface area (Å²) >= 11 is 0. The summed E-state index contributed by atoms with van der Waals surface area (Å²) in [4.78, 5) is 15.4. The van der Waals surface area contributed by atoms with Gasteiger partial charge in [0.25, 0.3) is 0 Å². The molecule has 6 nitrogen and oxygen atoms in total. The molecule has 4 N–H and O–H groups in total. The average molecular weight is 225 g/mol. The SMILES string of the molecule is NOCCNNC(=O)OCc1ccccc1. The summed E-state index contributed by atoms with van der Waals surface area (Å²) in [5.74, 6) is 4.80. The van der Waals surface area contributed by atoms with Gasteiger partial charge in [-0.1, -0.05) is 30.3 Å². The second-order valence-electron chi connectivity index (χ2n) is 2.98. The van der Waals surface area contributed by atoms with Gasteiger partial charge in [-0.25, -0.2) is 16.1 Å². The van der Waals surface area contributed by atoms with Gasteiger partial charge < -0.3 is 9.57 Å². The minimum absolute atomic E-state index is 0.238. The standard InChI is InChI=1S/C10H15N3O3/c11-16-7-6-12-13-10(14)15-8-9-4-2-1-3-5-9/h1-5,12H,6-8,11H2,(H,13,14). The monoisotopic (exact) mass is 225 g/mol. The van der Waals surface area contributed by atoms with Gasteiger partial charge in [-0.05, 0) is 5.56 Å². The van der Waals surface area contributed by atoms with Crippen LogP contribution >= 0.6 is 0 Å². The number of nitrogens with two attached hydrogens (primary N) is 1. The first kappa shape index (κ1) is 12.4. The van der Waals surface area contributed by atoms with Crippen LogP contribution < -0.4 is 16.7 Å². The molecule has 0 saturated carbocycles. The fourth-order valence-corrected chi connectivity index (χ4v) is 1.00. The van der Waals surface area contributed by atoms with Crippen LogP contribution in [-0.2, 0) is 16.2 Å². The Balaban J connectivity index is 2.11. The van der Waals surface area contributed by atoms with Crippen molar-refractivity contribution in [3.05, 3.63) is 35.9 Å². The number of amides is 1. The van der Waals surface area contributed by atoms with Gasteiger partial charge in [0.15, 0.2) is 0 Å². The number of hydrazine groups is 1. The molecule has 0 bridgehead atoms. The largest absolute Gasteiger partial charge is 0.444 e. The normalized spacial score (nSPS) is 9.81.